The molecule has 7 heteroatoms. The number of aryl methyl sites for hydroxylation is 1. The van der Waals surface area contributed by atoms with E-state index in [1.54, 1.807) is 16.7 Å². The zero-order valence-corrected chi connectivity index (χ0v) is 21.3. The Kier molecular flexibility index (Phi) is 8.90. The Bertz CT molecular complexity index is 1140. The normalized spacial score (nSPS) is 13.6. The maximum atomic E-state index is 13.1. The van der Waals surface area contributed by atoms with Gasteiger partial charge >= 0.3 is 0 Å². The first kappa shape index (κ1) is 25.6. The van der Waals surface area contributed by atoms with Crippen LogP contribution in [0.25, 0.3) is 16.9 Å². The van der Waals surface area contributed by atoms with Crippen molar-refractivity contribution in [1.82, 2.24) is 14.7 Å². The molecule has 1 N–H and O–H groups in total. The van der Waals surface area contributed by atoms with Gasteiger partial charge < -0.3 is 15.0 Å². The van der Waals surface area contributed by atoms with Crippen LogP contribution in [0, 0.1) is 12.8 Å². The van der Waals surface area contributed by atoms with Gasteiger partial charge in [0.1, 0.15) is 5.82 Å². The van der Waals surface area contributed by atoms with Crippen molar-refractivity contribution in [1.29, 1.82) is 0 Å². The van der Waals surface area contributed by atoms with Crippen LogP contribution in [0.2, 0.25) is 0 Å². The van der Waals surface area contributed by atoms with Gasteiger partial charge in [0.25, 0.3) is 0 Å². The topological polar surface area (TPSA) is 76.5 Å². The third kappa shape index (κ3) is 6.82. The number of carbonyl (C=O) groups excluding carboxylic acids is 2. The number of hydrogen-bond acceptors (Lipinski definition) is 4. The Morgan fingerprint density at radius 3 is 2.50 bits per heavy atom. The second-order valence-electron chi connectivity index (χ2n) is 9.57. The molecule has 0 bridgehead atoms. The van der Waals surface area contributed by atoms with E-state index in [0.717, 1.165) is 28.9 Å². The van der Waals surface area contributed by atoms with Crippen LogP contribution in [0.1, 0.15) is 44.1 Å². The number of nitrogens with zero attached hydrogens (tertiary/aromatic N) is 3. The molecule has 2 aromatic carbocycles. The molecule has 0 saturated heterocycles. The van der Waals surface area contributed by atoms with Gasteiger partial charge in [-0.2, -0.15) is 5.10 Å². The van der Waals surface area contributed by atoms with E-state index < -0.39 is 0 Å². The molecule has 190 valence electrons. The molecule has 0 radical (unpaired) electrons. The molecule has 4 rings (SSSR count). The highest BCUT2D eigenvalue weighted by molar-refractivity contribution is 5.94. The summed E-state index contributed by atoms with van der Waals surface area (Å²) in [6.07, 6.45) is 6.30. The van der Waals surface area contributed by atoms with Gasteiger partial charge in [0, 0.05) is 31.7 Å². The fourth-order valence-electron chi connectivity index (χ4n) is 4.74. The van der Waals surface area contributed by atoms with E-state index in [1.807, 2.05) is 67.6 Å². The first-order valence-corrected chi connectivity index (χ1v) is 12.8. The quantitative estimate of drug-likeness (QED) is 0.401. The third-order valence-corrected chi connectivity index (χ3v) is 6.82. The molecule has 1 aliphatic rings. The van der Waals surface area contributed by atoms with E-state index in [0.29, 0.717) is 31.3 Å². The molecule has 36 heavy (non-hydrogen) atoms. The summed E-state index contributed by atoms with van der Waals surface area (Å²) in [5.74, 6) is 0.944. The van der Waals surface area contributed by atoms with Crippen LogP contribution in [0.4, 0.5) is 5.82 Å². The van der Waals surface area contributed by atoms with Crippen molar-refractivity contribution >= 4 is 17.6 Å². The molecule has 0 unspecified atom stereocenters. The van der Waals surface area contributed by atoms with Crippen molar-refractivity contribution in [2.24, 2.45) is 5.92 Å². The van der Waals surface area contributed by atoms with Crippen LogP contribution >= 0.6 is 0 Å². The van der Waals surface area contributed by atoms with E-state index in [4.69, 9.17) is 9.84 Å². The Labute approximate surface area is 213 Å². The van der Waals surface area contributed by atoms with Crippen molar-refractivity contribution in [2.45, 2.75) is 45.4 Å². The second kappa shape index (κ2) is 12.5. The summed E-state index contributed by atoms with van der Waals surface area (Å²) in [5.41, 5.74) is 3.71. The molecule has 7 nitrogen and oxygen atoms in total. The summed E-state index contributed by atoms with van der Waals surface area (Å²) in [4.78, 5) is 27.7. The van der Waals surface area contributed by atoms with Gasteiger partial charge in [0.05, 0.1) is 24.5 Å². The van der Waals surface area contributed by atoms with Gasteiger partial charge in [-0.15, -0.1) is 0 Å². The molecule has 1 heterocycles. The van der Waals surface area contributed by atoms with E-state index in [-0.39, 0.29) is 18.4 Å². The molecular weight excluding hydrogens is 452 g/mol. The lowest BCUT2D eigenvalue weighted by atomic mass is 10.0. The maximum absolute atomic E-state index is 13.1. The van der Waals surface area contributed by atoms with Crippen LogP contribution in [0.15, 0.2) is 60.7 Å². The van der Waals surface area contributed by atoms with Gasteiger partial charge in [0.2, 0.25) is 11.8 Å². The van der Waals surface area contributed by atoms with Crippen LogP contribution in [0.3, 0.4) is 0 Å². The van der Waals surface area contributed by atoms with Crippen LogP contribution < -0.4 is 5.32 Å². The number of benzene rings is 2. The number of rotatable bonds is 11. The maximum Gasteiger partial charge on any atom is 0.245 e. The monoisotopic (exact) mass is 488 g/mol. The molecule has 1 aliphatic carbocycles. The minimum atomic E-state index is -0.256. The average Bonchev–Trinajstić information content (AvgIpc) is 3.56. The highest BCUT2D eigenvalue weighted by Gasteiger charge is 2.22. The molecule has 0 atom stereocenters. The van der Waals surface area contributed by atoms with Gasteiger partial charge in [-0.1, -0.05) is 73.7 Å². The molecule has 1 aromatic heterocycles. The highest BCUT2D eigenvalue weighted by Crippen LogP contribution is 2.29. The second-order valence-corrected chi connectivity index (χ2v) is 9.57. The van der Waals surface area contributed by atoms with Crippen LogP contribution in [0.5, 0.6) is 0 Å². The number of methoxy groups -OCH3 is 1. The van der Waals surface area contributed by atoms with Crippen molar-refractivity contribution < 1.29 is 14.3 Å². The summed E-state index contributed by atoms with van der Waals surface area (Å²) >= 11 is 0. The minimum Gasteiger partial charge on any atom is -0.383 e. The standard InChI is InChI=1S/C29H36N4O3/c1-22-12-15-25(16-13-22)33-27(20-26(31-33)24-10-4-3-5-11-24)30-28(34)21-32(18-19-36-2)29(35)17-14-23-8-6-7-9-23/h3-5,10-13,15-16,20,23H,6-9,14,17-19,21H2,1-2H3,(H,30,34). The molecular formula is C29H36N4O3. The summed E-state index contributed by atoms with van der Waals surface area (Å²) < 4.78 is 6.94. The zero-order valence-electron chi connectivity index (χ0n) is 21.3. The first-order chi connectivity index (χ1) is 17.5. The van der Waals surface area contributed by atoms with Crippen molar-refractivity contribution in [3.8, 4) is 16.9 Å². The van der Waals surface area contributed by atoms with Gasteiger partial charge in [-0.3, -0.25) is 9.59 Å². The molecule has 2 amide bonds. The van der Waals surface area contributed by atoms with E-state index in [9.17, 15) is 9.59 Å². The lowest BCUT2D eigenvalue weighted by Crippen LogP contribution is -2.40. The molecule has 1 fully saturated rings. The number of nitrogens with one attached hydrogen (secondary N) is 1. The summed E-state index contributed by atoms with van der Waals surface area (Å²) in [6, 6.07) is 19.7. The first-order valence-electron chi connectivity index (χ1n) is 12.8. The van der Waals surface area contributed by atoms with Gasteiger partial charge in [-0.25, -0.2) is 4.68 Å². The Balaban J connectivity index is 1.50. The minimum absolute atomic E-state index is 0.00566. The van der Waals surface area contributed by atoms with E-state index in [1.165, 1.54) is 25.7 Å². The number of aromatic nitrogens is 2. The number of amides is 2. The highest BCUT2D eigenvalue weighted by atomic mass is 16.5. The lowest BCUT2D eigenvalue weighted by molar-refractivity contribution is -0.135. The van der Waals surface area contributed by atoms with Gasteiger partial charge in [-0.05, 0) is 31.4 Å². The lowest BCUT2D eigenvalue weighted by Gasteiger charge is -2.22. The summed E-state index contributed by atoms with van der Waals surface area (Å²) in [6.45, 7) is 2.79. The number of anilines is 1. The van der Waals surface area contributed by atoms with E-state index >= 15 is 0 Å². The summed E-state index contributed by atoms with van der Waals surface area (Å²) in [7, 11) is 1.60. The SMILES string of the molecule is COCCN(CC(=O)Nc1cc(-c2ccccc2)nn1-c1ccc(C)cc1)C(=O)CCC1CCCC1. The number of ether oxygens (including phenoxy) is 1. The Morgan fingerprint density at radius 1 is 1.08 bits per heavy atom. The number of carbonyl (C=O) groups is 2. The third-order valence-electron chi connectivity index (χ3n) is 6.82. The molecule has 1 saturated carbocycles. The smallest absolute Gasteiger partial charge is 0.245 e. The fraction of sp³-hybridized carbons (Fsp3) is 0.414. The van der Waals surface area contributed by atoms with Crippen LogP contribution in [-0.4, -0.2) is 53.3 Å². The Morgan fingerprint density at radius 2 is 1.81 bits per heavy atom. The van der Waals surface area contributed by atoms with Crippen molar-refractivity contribution in [3.05, 3.63) is 66.2 Å². The van der Waals surface area contributed by atoms with Gasteiger partial charge in [0.15, 0.2) is 0 Å². The molecule has 0 spiro atoms. The summed E-state index contributed by atoms with van der Waals surface area (Å²) in [5, 5.41) is 7.77. The number of hydrogen-bond donors (Lipinski definition) is 1. The Hall–Kier alpha value is -3.45. The molecule has 0 aliphatic heterocycles. The molecule has 3 aromatic rings. The van der Waals surface area contributed by atoms with Crippen molar-refractivity contribution in [2.75, 3.05) is 32.1 Å². The largest absolute Gasteiger partial charge is 0.383 e. The zero-order chi connectivity index (χ0) is 25.3. The predicted octanol–water partition coefficient (Wildman–Crippen LogP) is 5.23. The van der Waals surface area contributed by atoms with E-state index in [2.05, 4.69) is 5.32 Å². The average molecular weight is 489 g/mol. The van der Waals surface area contributed by atoms with Crippen LogP contribution in [-0.2, 0) is 14.3 Å². The van der Waals surface area contributed by atoms with Crippen molar-refractivity contribution in [3.63, 3.8) is 0 Å². The fourth-order valence-corrected chi connectivity index (χ4v) is 4.74. The predicted molar refractivity (Wildman–Crippen MR) is 142 cm³/mol.